The van der Waals surface area contributed by atoms with Crippen LogP contribution in [0.5, 0.6) is 0 Å². The molecular formula is C20H22Cl2N4O3S. The molecule has 1 aliphatic rings. The van der Waals surface area contributed by atoms with Crippen LogP contribution in [0.1, 0.15) is 19.8 Å². The van der Waals surface area contributed by atoms with Crippen molar-refractivity contribution < 1.29 is 8.42 Å². The molecule has 30 heavy (non-hydrogen) atoms. The third-order valence-electron chi connectivity index (χ3n) is 5.20. The molecule has 0 saturated carbocycles. The first-order valence-electron chi connectivity index (χ1n) is 9.50. The second-order valence-corrected chi connectivity index (χ2v) is 9.84. The van der Waals surface area contributed by atoms with Gasteiger partial charge in [0.15, 0.2) is 0 Å². The molecule has 3 aromatic rings. The standard InChI is InChI=1S/C20H21ClN4O3S.ClH/c1-2-25-18-13(11-16(19(25)26)15-5-3-4-6-17(15)21)12-22-20(24-18)23-14-7-9-29(27,28)10-8-14;/h3-6,11-12,14H,2,7-10H2,1H3,(H,22,23,24);1H. The van der Waals surface area contributed by atoms with Crippen LogP contribution in [0.2, 0.25) is 5.02 Å². The summed E-state index contributed by atoms with van der Waals surface area (Å²) < 4.78 is 24.8. The fourth-order valence-corrected chi connectivity index (χ4v) is 5.34. The van der Waals surface area contributed by atoms with E-state index in [2.05, 4.69) is 15.3 Å². The van der Waals surface area contributed by atoms with Gasteiger partial charge >= 0.3 is 0 Å². The van der Waals surface area contributed by atoms with Crippen LogP contribution in [0.15, 0.2) is 41.3 Å². The van der Waals surface area contributed by atoms with Crippen LogP contribution in [-0.4, -0.2) is 40.5 Å². The van der Waals surface area contributed by atoms with E-state index in [0.717, 1.165) is 5.39 Å². The van der Waals surface area contributed by atoms with Gasteiger partial charge in [0.05, 0.1) is 11.5 Å². The molecule has 0 spiro atoms. The van der Waals surface area contributed by atoms with Crippen LogP contribution in [0.4, 0.5) is 5.95 Å². The van der Waals surface area contributed by atoms with Crippen molar-refractivity contribution in [3.63, 3.8) is 0 Å². The van der Waals surface area contributed by atoms with E-state index in [1.54, 1.807) is 22.9 Å². The summed E-state index contributed by atoms with van der Waals surface area (Å²) in [7, 11) is -2.93. The Morgan fingerprint density at radius 2 is 1.90 bits per heavy atom. The molecule has 0 radical (unpaired) electrons. The first-order chi connectivity index (χ1) is 13.9. The fraction of sp³-hybridized carbons (Fsp3) is 0.350. The summed E-state index contributed by atoms with van der Waals surface area (Å²) in [5.74, 6) is 0.729. The smallest absolute Gasteiger partial charge is 0.260 e. The number of aryl methyl sites for hydroxylation is 1. The zero-order valence-electron chi connectivity index (χ0n) is 16.3. The summed E-state index contributed by atoms with van der Waals surface area (Å²) in [6.45, 7) is 2.34. The highest BCUT2D eigenvalue weighted by molar-refractivity contribution is 7.91. The third kappa shape index (κ3) is 4.45. The van der Waals surface area contributed by atoms with Crippen molar-refractivity contribution in [2.24, 2.45) is 0 Å². The molecular weight excluding hydrogens is 447 g/mol. The summed E-state index contributed by atoms with van der Waals surface area (Å²) in [6.07, 6.45) is 2.72. The van der Waals surface area contributed by atoms with Crippen LogP contribution < -0.4 is 10.9 Å². The number of nitrogens with zero attached hydrogens (tertiary/aromatic N) is 3. The van der Waals surface area contributed by atoms with Crippen molar-refractivity contribution in [2.75, 3.05) is 16.8 Å². The molecule has 1 N–H and O–H groups in total. The Labute approximate surface area is 185 Å². The van der Waals surface area contributed by atoms with E-state index in [1.807, 2.05) is 25.1 Å². The van der Waals surface area contributed by atoms with Gasteiger partial charge in [0.1, 0.15) is 15.5 Å². The zero-order chi connectivity index (χ0) is 20.6. The van der Waals surface area contributed by atoms with Gasteiger partial charge in [-0.2, -0.15) is 4.98 Å². The first kappa shape index (κ1) is 22.5. The Kier molecular flexibility index (Phi) is 6.69. The molecule has 0 unspecified atom stereocenters. The van der Waals surface area contributed by atoms with E-state index in [9.17, 15) is 13.2 Å². The summed E-state index contributed by atoms with van der Waals surface area (Å²) in [6, 6.07) is 9.00. The molecule has 4 rings (SSSR count). The number of aromatic nitrogens is 3. The lowest BCUT2D eigenvalue weighted by atomic mass is 10.1. The molecule has 1 fully saturated rings. The van der Waals surface area contributed by atoms with Crippen LogP contribution >= 0.6 is 24.0 Å². The average Bonchev–Trinajstić information content (AvgIpc) is 2.70. The quantitative estimate of drug-likeness (QED) is 0.628. The van der Waals surface area contributed by atoms with Crippen molar-refractivity contribution in [1.82, 2.24) is 14.5 Å². The number of pyridine rings is 1. The van der Waals surface area contributed by atoms with Crippen LogP contribution in [0, 0.1) is 0 Å². The number of hydrogen-bond acceptors (Lipinski definition) is 6. The maximum Gasteiger partial charge on any atom is 0.260 e. The second-order valence-electron chi connectivity index (χ2n) is 7.13. The van der Waals surface area contributed by atoms with Crippen molar-refractivity contribution >= 4 is 50.8 Å². The lowest BCUT2D eigenvalue weighted by Crippen LogP contribution is -2.32. The number of benzene rings is 1. The van der Waals surface area contributed by atoms with E-state index in [-0.39, 0.29) is 35.5 Å². The van der Waals surface area contributed by atoms with Gasteiger partial charge in [-0.25, -0.2) is 13.4 Å². The van der Waals surface area contributed by atoms with Crippen LogP contribution in [-0.2, 0) is 16.4 Å². The number of halogens is 2. The minimum Gasteiger partial charge on any atom is -0.351 e. The average molecular weight is 469 g/mol. The molecule has 0 amide bonds. The molecule has 0 aliphatic carbocycles. The predicted octanol–water partition coefficient (Wildman–Crippen LogP) is 3.54. The third-order valence-corrected chi connectivity index (χ3v) is 7.24. The molecule has 0 bridgehead atoms. The van der Waals surface area contributed by atoms with Gasteiger partial charge in [0.25, 0.3) is 5.56 Å². The molecule has 2 aromatic heterocycles. The Hall–Kier alpha value is -2.16. The number of fused-ring (bicyclic) bond motifs is 1. The van der Waals surface area contributed by atoms with Crippen LogP contribution in [0.3, 0.4) is 0 Å². The van der Waals surface area contributed by atoms with Crippen molar-refractivity contribution in [3.05, 3.63) is 51.9 Å². The lowest BCUT2D eigenvalue weighted by Gasteiger charge is -2.23. The Morgan fingerprint density at radius 3 is 2.57 bits per heavy atom. The predicted molar refractivity (Wildman–Crippen MR) is 122 cm³/mol. The monoisotopic (exact) mass is 468 g/mol. The van der Waals surface area contributed by atoms with Gasteiger partial charge in [0, 0.05) is 40.3 Å². The largest absolute Gasteiger partial charge is 0.351 e. The molecule has 160 valence electrons. The summed E-state index contributed by atoms with van der Waals surface area (Å²) in [5.41, 5.74) is 1.55. The topological polar surface area (TPSA) is 94.0 Å². The first-order valence-corrected chi connectivity index (χ1v) is 11.7. The van der Waals surface area contributed by atoms with E-state index < -0.39 is 9.84 Å². The maximum absolute atomic E-state index is 13.1. The molecule has 3 heterocycles. The van der Waals surface area contributed by atoms with E-state index in [4.69, 9.17) is 11.6 Å². The maximum atomic E-state index is 13.1. The summed E-state index contributed by atoms with van der Waals surface area (Å²) >= 11 is 6.30. The highest BCUT2D eigenvalue weighted by atomic mass is 35.5. The number of sulfone groups is 1. The van der Waals surface area contributed by atoms with Gasteiger partial charge in [0.2, 0.25) is 5.95 Å². The normalized spacial score (nSPS) is 16.2. The summed E-state index contributed by atoms with van der Waals surface area (Å²) in [4.78, 5) is 22.0. The number of hydrogen-bond donors (Lipinski definition) is 1. The van der Waals surface area contributed by atoms with E-state index in [0.29, 0.717) is 47.1 Å². The van der Waals surface area contributed by atoms with Crippen molar-refractivity contribution in [2.45, 2.75) is 32.4 Å². The van der Waals surface area contributed by atoms with E-state index in [1.165, 1.54) is 0 Å². The molecule has 10 heteroatoms. The minimum atomic E-state index is -2.93. The minimum absolute atomic E-state index is 0. The van der Waals surface area contributed by atoms with Gasteiger partial charge in [-0.1, -0.05) is 29.8 Å². The highest BCUT2D eigenvalue weighted by Crippen LogP contribution is 2.27. The molecule has 1 aromatic carbocycles. The Morgan fingerprint density at radius 1 is 1.20 bits per heavy atom. The molecule has 7 nitrogen and oxygen atoms in total. The number of rotatable bonds is 4. The molecule has 1 saturated heterocycles. The molecule has 0 atom stereocenters. The van der Waals surface area contributed by atoms with Gasteiger partial charge in [-0.3, -0.25) is 9.36 Å². The highest BCUT2D eigenvalue weighted by Gasteiger charge is 2.24. The van der Waals surface area contributed by atoms with Gasteiger partial charge in [-0.15, -0.1) is 12.4 Å². The van der Waals surface area contributed by atoms with Crippen molar-refractivity contribution in [1.29, 1.82) is 0 Å². The second kappa shape index (κ2) is 8.91. The van der Waals surface area contributed by atoms with Crippen LogP contribution in [0.25, 0.3) is 22.2 Å². The Balaban J connectivity index is 0.00000256. The zero-order valence-corrected chi connectivity index (χ0v) is 18.7. The fourth-order valence-electron chi connectivity index (χ4n) is 3.61. The number of nitrogens with one attached hydrogen (secondary N) is 1. The van der Waals surface area contributed by atoms with E-state index >= 15 is 0 Å². The SMILES string of the molecule is CCn1c(=O)c(-c2ccccc2Cl)cc2cnc(NC3CCS(=O)(=O)CC3)nc21.Cl. The Bertz CT molecular complexity index is 1230. The summed E-state index contributed by atoms with van der Waals surface area (Å²) in [5, 5.41) is 4.46. The van der Waals surface area contributed by atoms with Gasteiger partial charge < -0.3 is 5.32 Å². The van der Waals surface area contributed by atoms with Crippen molar-refractivity contribution in [3.8, 4) is 11.1 Å². The lowest BCUT2D eigenvalue weighted by molar-refractivity contribution is 0.558. The van der Waals surface area contributed by atoms with Gasteiger partial charge in [-0.05, 0) is 31.9 Å². The number of anilines is 1. The molecule has 1 aliphatic heterocycles.